The van der Waals surface area contributed by atoms with E-state index in [2.05, 4.69) is 70.8 Å². The molecule has 0 aliphatic carbocycles. The van der Waals surface area contributed by atoms with E-state index in [1.54, 1.807) is 0 Å². The van der Waals surface area contributed by atoms with Crippen LogP contribution in [0.4, 0.5) is 11.4 Å². The zero-order valence-electron chi connectivity index (χ0n) is 14.7. The number of aromatic nitrogens is 2. The number of benzene rings is 1. The number of nitrogens with one attached hydrogen (secondary N) is 3. The molecule has 0 unspecified atom stereocenters. The average Bonchev–Trinajstić information content (AvgIpc) is 3.03. The van der Waals surface area contributed by atoms with Crippen LogP contribution in [0.15, 0.2) is 30.5 Å². The smallest absolute Gasteiger partial charge is 0.0540 e. The van der Waals surface area contributed by atoms with Gasteiger partial charge in [-0.2, -0.15) is 5.10 Å². The van der Waals surface area contributed by atoms with Gasteiger partial charge in [0.15, 0.2) is 0 Å². The molecule has 3 N–H and O–H groups in total. The van der Waals surface area contributed by atoms with E-state index >= 15 is 0 Å². The largest absolute Gasteiger partial charge is 0.381 e. The number of nitrogens with zero attached hydrogens (tertiary/aromatic N) is 2. The van der Waals surface area contributed by atoms with Crippen molar-refractivity contribution in [1.29, 1.82) is 0 Å². The third kappa shape index (κ3) is 4.42. The van der Waals surface area contributed by atoms with Crippen molar-refractivity contribution in [3.63, 3.8) is 0 Å². The molecule has 0 bridgehead atoms. The molecule has 1 fully saturated rings. The van der Waals surface area contributed by atoms with E-state index in [0.29, 0.717) is 0 Å². The molecular formula is C18H28ClN5. The molecule has 132 valence electrons. The van der Waals surface area contributed by atoms with E-state index < -0.39 is 0 Å². The van der Waals surface area contributed by atoms with Crippen molar-refractivity contribution in [3.8, 4) is 0 Å². The van der Waals surface area contributed by atoms with Crippen LogP contribution in [-0.4, -0.2) is 36.4 Å². The highest BCUT2D eigenvalue weighted by Gasteiger charge is 2.19. The number of aromatic amines is 1. The molecule has 1 aromatic carbocycles. The molecular weight excluding hydrogens is 322 g/mol. The summed E-state index contributed by atoms with van der Waals surface area (Å²) in [5.41, 5.74) is 4.95. The summed E-state index contributed by atoms with van der Waals surface area (Å²) in [6.07, 6.45) is 1.92. The second-order valence-corrected chi connectivity index (χ2v) is 7.16. The molecule has 0 amide bonds. The number of H-pyrrole nitrogens is 1. The molecule has 3 rings (SSSR count). The van der Waals surface area contributed by atoms with Crippen molar-refractivity contribution in [2.45, 2.75) is 32.7 Å². The van der Waals surface area contributed by atoms with Gasteiger partial charge in [-0.15, -0.1) is 12.4 Å². The van der Waals surface area contributed by atoms with Crippen LogP contribution in [0.2, 0.25) is 0 Å². The molecule has 0 atom stereocenters. The van der Waals surface area contributed by atoms with Crippen molar-refractivity contribution in [1.82, 2.24) is 15.5 Å². The van der Waals surface area contributed by atoms with Gasteiger partial charge in [-0.3, -0.25) is 5.10 Å². The van der Waals surface area contributed by atoms with Crippen LogP contribution in [0.5, 0.6) is 0 Å². The molecule has 24 heavy (non-hydrogen) atoms. The van der Waals surface area contributed by atoms with E-state index in [1.165, 1.54) is 16.9 Å². The SMILES string of the molecule is CC(C)(C)c1[nH]ncc1CNc1ccc(N2CCNCC2)cc1.Cl. The first-order valence-electron chi connectivity index (χ1n) is 8.36. The van der Waals surface area contributed by atoms with Gasteiger partial charge in [-0.05, 0) is 24.3 Å². The van der Waals surface area contributed by atoms with Crippen LogP contribution in [-0.2, 0) is 12.0 Å². The number of hydrogen-bond donors (Lipinski definition) is 3. The molecule has 2 aromatic rings. The fourth-order valence-electron chi connectivity index (χ4n) is 3.00. The highest BCUT2D eigenvalue weighted by Crippen LogP contribution is 2.24. The molecule has 1 saturated heterocycles. The van der Waals surface area contributed by atoms with E-state index in [9.17, 15) is 0 Å². The lowest BCUT2D eigenvalue weighted by atomic mass is 9.89. The Kier molecular flexibility index (Phi) is 6.13. The second-order valence-electron chi connectivity index (χ2n) is 7.16. The normalized spacial score (nSPS) is 15.0. The minimum Gasteiger partial charge on any atom is -0.381 e. The maximum Gasteiger partial charge on any atom is 0.0540 e. The predicted octanol–water partition coefficient (Wildman–Crippen LogP) is 3.15. The van der Waals surface area contributed by atoms with Crippen molar-refractivity contribution >= 4 is 23.8 Å². The van der Waals surface area contributed by atoms with E-state index in [0.717, 1.165) is 38.4 Å². The van der Waals surface area contributed by atoms with E-state index in [4.69, 9.17) is 0 Å². The molecule has 5 nitrogen and oxygen atoms in total. The lowest BCUT2D eigenvalue weighted by Gasteiger charge is -2.29. The van der Waals surface area contributed by atoms with Gasteiger partial charge in [0.25, 0.3) is 0 Å². The van der Waals surface area contributed by atoms with Crippen molar-refractivity contribution in [2.75, 3.05) is 36.4 Å². The van der Waals surface area contributed by atoms with Gasteiger partial charge in [-0.25, -0.2) is 0 Å². The lowest BCUT2D eigenvalue weighted by molar-refractivity contribution is 0.561. The van der Waals surface area contributed by atoms with Crippen molar-refractivity contribution < 1.29 is 0 Å². The van der Waals surface area contributed by atoms with Crippen LogP contribution >= 0.6 is 12.4 Å². The van der Waals surface area contributed by atoms with Gasteiger partial charge in [-0.1, -0.05) is 20.8 Å². The Hall–Kier alpha value is -1.72. The van der Waals surface area contributed by atoms with Crippen LogP contribution in [0.3, 0.4) is 0 Å². The minimum absolute atomic E-state index is 0. The van der Waals surface area contributed by atoms with Crippen molar-refractivity contribution in [3.05, 3.63) is 41.7 Å². The summed E-state index contributed by atoms with van der Waals surface area (Å²) in [5, 5.41) is 14.2. The quantitative estimate of drug-likeness (QED) is 0.793. The number of anilines is 2. The van der Waals surface area contributed by atoms with Gasteiger partial charge < -0.3 is 15.5 Å². The third-order valence-electron chi connectivity index (χ3n) is 4.30. The standard InChI is InChI=1S/C18H27N5.ClH/c1-18(2,3)17-14(13-21-22-17)12-20-15-4-6-16(7-5-15)23-10-8-19-9-11-23;/h4-7,13,19-20H,8-12H2,1-3H3,(H,21,22);1H. The summed E-state index contributed by atoms with van der Waals surface area (Å²) >= 11 is 0. The molecule has 1 aliphatic rings. The van der Waals surface area contributed by atoms with Gasteiger partial charge in [0.2, 0.25) is 0 Å². The minimum atomic E-state index is 0. The van der Waals surface area contributed by atoms with Gasteiger partial charge in [0.1, 0.15) is 0 Å². The maximum absolute atomic E-state index is 4.20. The molecule has 6 heteroatoms. The third-order valence-corrected chi connectivity index (χ3v) is 4.30. The molecule has 0 radical (unpaired) electrons. The molecule has 0 spiro atoms. The zero-order valence-corrected chi connectivity index (χ0v) is 15.5. The number of halogens is 1. The number of rotatable bonds is 4. The first kappa shape index (κ1) is 18.6. The Morgan fingerprint density at radius 3 is 2.42 bits per heavy atom. The Balaban J connectivity index is 0.00000208. The summed E-state index contributed by atoms with van der Waals surface area (Å²) in [5.74, 6) is 0. The molecule has 2 heterocycles. The van der Waals surface area contributed by atoms with Gasteiger partial charge in [0.05, 0.1) is 6.20 Å². The summed E-state index contributed by atoms with van der Waals surface area (Å²) in [7, 11) is 0. The van der Waals surface area contributed by atoms with E-state index in [1.807, 2.05) is 6.20 Å². The number of piperazine rings is 1. The van der Waals surface area contributed by atoms with Crippen LogP contribution in [0.25, 0.3) is 0 Å². The van der Waals surface area contributed by atoms with Gasteiger partial charge >= 0.3 is 0 Å². The highest BCUT2D eigenvalue weighted by atomic mass is 35.5. The first-order valence-corrected chi connectivity index (χ1v) is 8.36. The summed E-state index contributed by atoms with van der Waals surface area (Å²) < 4.78 is 0. The number of hydrogen-bond acceptors (Lipinski definition) is 4. The fraction of sp³-hybridized carbons (Fsp3) is 0.500. The van der Waals surface area contributed by atoms with Crippen molar-refractivity contribution in [2.24, 2.45) is 0 Å². The summed E-state index contributed by atoms with van der Waals surface area (Å²) in [6, 6.07) is 8.73. The Bertz CT molecular complexity index is 624. The Morgan fingerprint density at radius 2 is 1.79 bits per heavy atom. The van der Waals surface area contributed by atoms with E-state index in [-0.39, 0.29) is 17.8 Å². The predicted molar refractivity (Wildman–Crippen MR) is 103 cm³/mol. The molecule has 1 aromatic heterocycles. The lowest BCUT2D eigenvalue weighted by Crippen LogP contribution is -2.43. The Morgan fingerprint density at radius 1 is 1.12 bits per heavy atom. The van der Waals surface area contributed by atoms with Crippen LogP contribution < -0.4 is 15.5 Å². The fourth-order valence-corrected chi connectivity index (χ4v) is 3.00. The second kappa shape index (κ2) is 7.90. The molecule has 1 aliphatic heterocycles. The highest BCUT2D eigenvalue weighted by molar-refractivity contribution is 5.85. The Labute approximate surface area is 150 Å². The maximum atomic E-state index is 4.20. The first-order chi connectivity index (χ1) is 11.0. The van der Waals surface area contributed by atoms with Crippen LogP contribution in [0, 0.1) is 0 Å². The average molecular weight is 350 g/mol. The summed E-state index contributed by atoms with van der Waals surface area (Å²) in [6.45, 7) is 11.7. The van der Waals surface area contributed by atoms with Crippen LogP contribution in [0.1, 0.15) is 32.0 Å². The monoisotopic (exact) mass is 349 g/mol. The summed E-state index contributed by atoms with van der Waals surface area (Å²) in [4.78, 5) is 2.42. The topological polar surface area (TPSA) is 56.0 Å². The zero-order chi connectivity index (χ0) is 16.3. The van der Waals surface area contributed by atoms with Gasteiger partial charge in [0, 0.05) is 60.8 Å². The molecule has 0 saturated carbocycles.